The molecule has 1 aliphatic carbocycles. The Morgan fingerprint density at radius 3 is 2.50 bits per heavy atom. The SMILES string of the molecule is O=COC(c1ccccc1)C1CC(=O)c2ccccc21. The highest BCUT2D eigenvalue weighted by molar-refractivity contribution is 6.01. The lowest BCUT2D eigenvalue weighted by molar-refractivity contribution is -0.135. The first-order valence-corrected chi connectivity index (χ1v) is 6.57. The minimum atomic E-state index is -0.415. The maximum absolute atomic E-state index is 12.1. The maximum atomic E-state index is 12.1. The van der Waals surface area contributed by atoms with Crippen LogP contribution in [0, 0.1) is 0 Å². The second-order valence-corrected chi connectivity index (χ2v) is 4.88. The first-order chi connectivity index (χ1) is 9.81. The Bertz CT molecular complexity index is 634. The Morgan fingerprint density at radius 2 is 1.75 bits per heavy atom. The molecule has 2 atom stereocenters. The van der Waals surface area contributed by atoms with Gasteiger partial charge in [0.1, 0.15) is 6.10 Å². The van der Waals surface area contributed by atoms with E-state index in [2.05, 4.69) is 0 Å². The van der Waals surface area contributed by atoms with E-state index >= 15 is 0 Å². The molecule has 0 heterocycles. The number of rotatable bonds is 4. The van der Waals surface area contributed by atoms with Crippen LogP contribution >= 0.6 is 0 Å². The lowest BCUT2D eigenvalue weighted by Crippen LogP contribution is -2.12. The number of ketones is 1. The summed E-state index contributed by atoms with van der Waals surface area (Å²) in [6.07, 6.45) is -0.0338. The van der Waals surface area contributed by atoms with Gasteiger partial charge in [-0.05, 0) is 11.1 Å². The molecule has 3 nitrogen and oxygen atoms in total. The fraction of sp³-hybridized carbons (Fsp3) is 0.176. The summed E-state index contributed by atoms with van der Waals surface area (Å²) in [4.78, 5) is 22.9. The van der Waals surface area contributed by atoms with Crippen molar-refractivity contribution in [3.05, 3.63) is 71.3 Å². The molecule has 0 aromatic heterocycles. The maximum Gasteiger partial charge on any atom is 0.293 e. The van der Waals surface area contributed by atoms with Crippen molar-refractivity contribution < 1.29 is 14.3 Å². The van der Waals surface area contributed by atoms with E-state index in [-0.39, 0.29) is 11.7 Å². The molecule has 2 aromatic rings. The first-order valence-electron chi connectivity index (χ1n) is 6.57. The average Bonchev–Trinajstić information content (AvgIpc) is 2.83. The normalized spacial score (nSPS) is 18.4. The van der Waals surface area contributed by atoms with Gasteiger partial charge in [0.05, 0.1) is 0 Å². The van der Waals surface area contributed by atoms with E-state index in [4.69, 9.17) is 4.74 Å². The van der Waals surface area contributed by atoms with Crippen LogP contribution < -0.4 is 0 Å². The van der Waals surface area contributed by atoms with Crippen molar-refractivity contribution in [1.29, 1.82) is 0 Å². The van der Waals surface area contributed by atoms with Crippen LogP contribution in [0.5, 0.6) is 0 Å². The minimum Gasteiger partial charge on any atom is -0.459 e. The summed E-state index contributed by atoms with van der Waals surface area (Å²) >= 11 is 0. The van der Waals surface area contributed by atoms with Crippen LogP contribution in [0.2, 0.25) is 0 Å². The highest BCUT2D eigenvalue weighted by atomic mass is 16.5. The number of fused-ring (bicyclic) bond motifs is 1. The summed E-state index contributed by atoms with van der Waals surface area (Å²) in [5.74, 6) is 0.00679. The van der Waals surface area contributed by atoms with Gasteiger partial charge in [-0.1, -0.05) is 54.6 Å². The van der Waals surface area contributed by atoms with Crippen LogP contribution in [0.4, 0.5) is 0 Å². The van der Waals surface area contributed by atoms with E-state index < -0.39 is 6.10 Å². The standard InChI is InChI=1S/C17H14O3/c18-11-20-17(12-6-2-1-3-7-12)15-10-16(19)14-9-5-4-8-13(14)15/h1-9,11,15,17H,10H2. The van der Waals surface area contributed by atoms with Gasteiger partial charge < -0.3 is 4.74 Å². The zero-order valence-corrected chi connectivity index (χ0v) is 10.9. The molecule has 0 amide bonds. The number of hydrogen-bond acceptors (Lipinski definition) is 3. The highest BCUT2D eigenvalue weighted by Gasteiger charge is 2.36. The number of ether oxygens (including phenoxy) is 1. The van der Waals surface area contributed by atoms with Crippen LogP contribution in [-0.2, 0) is 9.53 Å². The summed E-state index contributed by atoms with van der Waals surface area (Å²) in [7, 11) is 0. The second-order valence-electron chi connectivity index (χ2n) is 4.88. The number of carbonyl (C=O) groups is 2. The summed E-state index contributed by atoms with van der Waals surface area (Å²) in [5, 5.41) is 0. The Balaban J connectivity index is 2.02. The van der Waals surface area contributed by atoms with E-state index in [0.717, 1.165) is 16.7 Å². The van der Waals surface area contributed by atoms with Gasteiger partial charge in [0, 0.05) is 17.9 Å². The molecule has 0 N–H and O–H groups in total. The summed E-state index contributed by atoms with van der Waals surface area (Å²) in [6, 6.07) is 17.1. The van der Waals surface area contributed by atoms with E-state index in [0.29, 0.717) is 12.9 Å². The van der Waals surface area contributed by atoms with Gasteiger partial charge in [-0.15, -0.1) is 0 Å². The molecule has 0 saturated heterocycles. The van der Waals surface area contributed by atoms with Gasteiger partial charge in [-0.25, -0.2) is 0 Å². The van der Waals surface area contributed by atoms with Gasteiger partial charge in [0.25, 0.3) is 6.47 Å². The van der Waals surface area contributed by atoms with Crippen molar-refractivity contribution in [2.24, 2.45) is 0 Å². The number of carbonyl (C=O) groups excluding carboxylic acids is 2. The Morgan fingerprint density at radius 1 is 1.05 bits per heavy atom. The third-order valence-corrected chi connectivity index (χ3v) is 3.76. The van der Waals surface area contributed by atoms with Crippen LogP contribution in [0.25, 0.3) is 0 Å². The third kappa shape index (κ3) is 2.11. The van der Waals surface area contributed by atoms with Crippen LogP contribution in [0.1, 0.15) is 39.9 Å². The molecule has 0 aliphatic heterocycles. The van der Waals surface area contributed by atoms with Crippen LogP contribution in [0.3, 0.4) is 0 Å². The molecule has 0 spiro atoms. The van der Waals surface area contributed by atoms with Crippen molar-refractivity contribution in [1.82, 2.24) is 0 Å². The third-order valence-electron chi connectivity index (χ3n) is 3.76. The fourth-order valence-corrected chi connectivity index (χ4v) is 2.87. The van der Waals surface area contributed by atoms with Crippen LogP contribution in [-0.4, -0.2) is 12.3 Å². The Kier molecular flexibility index (Phi) is 3.33. The molecule has 2 unspecified atom stereocenters. The van der Waals surface area contributed by atoms with Crippen molar-refractivity contribution in [3.8, 4) is 0 Å². The molecule has 2 aromatic carbocycles. The lowest BCUT2D eigenvalue weighted by Gasteiger charge is -2.22. The molecule has 3 rings (SSSR count). The zero-order valence-electron chi connectivity index (χ0n) is 10.9. The van der Waals surface area contributed by atoms with Gasteiger partial charge in [-0.2, -0.15) is 0 Å². The minimum absolute atomic E-state index is 0.105. The van der Waals surface area contributed by atoms with Crippen molar-refractivity contribution in [2.75, 3.05) is 0 Å². The largest absolute Gasteiger partial charge is 0.459 e. The molecule has 0 bridgehead atoms. The number of Topliss-reactive ketones (excluding diaryl/α,β-unsaturated/α-hetero) is 1. The van der Waals surface area contributed by atoms with Gasteiger partial charge >= 0.3 is 0 Å². The first kappa shape index (κ1) is 12.6. The summed E-state index contributed by atoms with van der Waals surface area (Å²) < 4.78 is 5.28. The molecule has 20 heavy (non-hydrogen) atoms. The Hall–Kier alpha value is -2.42. The van der Waals surface area contributed by atoms with E-state index in [1.807, 2.05) is 54.6 Å². The van der Waals surface area contributed by atoms with Crippen molar-refractivity contribution in [2.45, 2.75) is 18.4 Å². The lowest BCUT2D eigenvalue weighted by atomic mass is 9.90. The molecule has 0 saturated carbocycles. The average molecular weight is 266 g/mol. The topological polar surface area (TPSA) is 43.4 Å². The summed E-state index contributed by atoms with van der Waals surface area (Å²) in [6.45, 7) is 0.461. The molecule has 100 valence electrons. The second kappa shape index (κ2) is 5.29. The molecule has 0 radical (unpaired) electrons. The van der Waals surface area contributed by atoms with Crippen molar-refractivity contribution in [3.63, 3.8) is 0 Å². The Labute approximate surface area is 117 Å². The molecule has 1 aliphatic rings. The molecule has 3 heteroatoms. The zero-order chi connectivity index (χ0) is 13.9. The van der Waals surface area contributed by atoms with Gasteiger partial charge in [-0.3, -0.25) is 9.59 Å². The van der Waals surface area contributed by atoms with E-state index in [1.165, 1.54) is 0 Å². The molecular formula is C17H14O3. The number of hydrogen-bond donors (Lipinski definition) is 0. The smallest absolute Gasteiger partial charge is 0.293 e. The van der Waals surface area contributed by atoms with Crippen LogP contribution in [0.15, 0.2) is 54.6 Å². The van der Waals surface area contributed by atoms with Gasteiger partial charge in [0.15, 0.2) is 5.78 Å². The fourth-order valence-electron chi connectivity index (χ4n) is 2.87. The van der Waals surface area contributed by atoms with Gasteiger partial charge in [0.2, 0.25) is 0 Å². The summed E-state index contributed by atoms with van der Waals surface area (Å²) in [5.41, 5.74) is 2.62. The van der Waals surface area contributed by atoms with E-state index in [1.54, 1.807) is 0 Å². The van der Waals surface area contributed by atoms with Crippen molar-refractivity contribution >= 4 is 12.3 Å². The predicted molar refractivity (Wildman–Crippen MR) is 74.5 cm³/mol. The highest BCUT2D eigenvalue weighted by Crippen LogP contribution is 2.43. The molecule has 0 fully saturated rings. The predicted octanol–water partition coefficient (Wildman–Crippen LogP) is 3.27. The quantitative estimate of drug-likeness (QED) is 0.798. The monoisotopic (exact) mass is 266 g/mol. The number of benzene rings is 2. The molecular weight excluding hydrogens is 252 g/mol. The van der Waals surface area contributed by atoms with E-state index in [9.17, 15) is 9.59 Å².